The van der Waals surface area contributed by atoms with Gasteiger partial charge in [-0.1, -0.05) is 27.7 Å². The topological polar surface area (TPSA) is 66.5 Å². The van der Waals surface area contributed by atoms with Crippen molar-refractivity contribution in [2.75, 3.05) is 13.1 Å². The molecule has 1 amide bonds. The molecule has 0 spiro atoms. The Morgan fingerprint density at radius 2 is 1.58 bits per heavy atom. The summed E-state index contributed by atoms with van der Waals surface area (Å²) in [5, 5.41) is 2.96. The van der Waals surface area contributed by atoms with Gasteiger partial charge in [0, 0.05) is 24.7 Å². The molecular weight excluding hydrogens is 324 g/mol. The van der Waals surface area contributed by atoms with Crippen molar-refractivity contribution in [3.05, 3.63) is 29.8 Å². The molecule has 1 aromatic rings. The fourth-order valence-corrected chi connectivity index (χ4v) is 3.91. The van der Waals surface area contributed by atoms with Gasteiger partial charge < -0.3 is 5.32 Å². The number of carbonyl (C=O) groups is 1. The van der Waals surface area contributed by atoms with E-state index in [1.54, 1.807) is 26.0 Å². The van der Waals surface area contributed by atoms with Crippen LogP contribution in [0.2, 0.25) is 0 Å². The molecular formula is C18H30N2O3S. The van der Waals surface area contributed by atoms with Gasteiger partial charge in [0.15, 0.2) is 0 Å². The molecule has 0 aliphatic heterocycles. The molecule has 0 bridgehead atoms. The molecule has 0 fully saturated rings. The number of hydrogen-bond acceptors (Lipinski definition) is 3. The highest BCUT2D eigenvalue weighted by molar-refractivity contribution is 7.89. The van der Waals surface area contributed by atoms with Crippen molar-refractivity contribution < 1.29 is 13.2 Å². The zero-order chi connectivity index (χ0) is 18.3. The number of sulfonamides is 1. The number of nitrogens with zero attached hydrogens (tertiary/aromatic N) is 1. The average molecular weight is 355 g/mol. The Kier molecular flexibility index (Phi) is 7.90. The minimum Gasteiger partial charge on any atom is -0.350 e. The van der Waals surface area contributed by atoms with Gasteiger partial charge in [-0.3, -0.25) is 4.79 Å². The van der Waals surface area contributed by atoms with Gasteiger partial charge >= 0.3 is 0 Å². The fraction of sp³-hybridized carbons (Fsp3) is 0.611. The predicted octanol–water partition coefficient (Wildman–Crippen LogP) is 3.27. The van der Waals surface area contributed by atoms with E-state index >= 15 is 0 Å². The molecule has 136 valence electrons. The van der Waals surface area contributed by atoms with Crippen molar-refractivity contribution in [2.24, 2.45) is 5.92 Å². The van der Waals surface area contributed by atoms with Crippen LogP contribution in [-0.2, 0) is 10.0 Å². The molecule has 6 heteroatoms. The van der Waals surface area contributed by atoms with Crippen LogP contribution in [0.3, 0.4) is 0 Å². The van der Waals surface area contributed by atoms with Gasteiger partial charge in [0.1, 0.15) is 0 Å². The third-order valence-electron chi connectivity index (χ3n) is 4.01. The number of carbonyl (C=O) groups excluding carboxylic acids is 1. The first-order valence-electron chi connectivity index (χ1n) is 8.63. The van der Waals surface area contributed by atoms with Crippen LogP contribution in [0, 0.1) is 5.92 Å². The Bertz CT molecular complexity index is 620. The number of amides is 1. The summed E-state index contributed by atoms with van der Waals surface area (Å²) >= 11 is 0. The number of nitrogens with one attached hydrogen (secondary N) is 1. The lowest BCUT2D eigenvalue weighted by Gasteiger charge is -2.18. The van der Waals surface area contributed by atoms with E-state index in [1.165, 1.54) is 16.4 Å². The lowest BCUT2D eigenvalue weighted by Crippen LogP contribution is -2.33. The van der Waals surface area contributed by atoms with E-state index in [4.69, 9.17) is 0 Å². The van der Waals surface area contributed by atoms with Gasteiger partial charge in [-0.25, -0.2) is 8.42 Å². The molecule has 0 saturated carbocycles. The molecule has 5 nitrogen and oxygen atoms in total. The first kappa shape index (κ1) is 20.6. The first-order chi connectivity index (χ1) is 11.2. The van der Waals surface area contributed by atoms with E-state index in [-0.39, 0.29) is 16.8 Å². The van der Waals surface area contributed by atoms with Gasteiger partial charge in [-0.05, 0) is 49.9 Å². The maximum Gasteiger partial charge on any atom is 0.251 e. The Labute approximate surface area is 146 Å². The molecule has 1 N–H and O–H groups in total. The molecule has 1 aromatic carbocycles. The zero-order valence-corrected chi connectivity index (χ0v) is 16.2. The van der Waals surface area contributed by atoms with Crippen molar-refractivity contribution >= 4 is 15.9 Å². The lowest BCUT2D eigenvalue weighted by atomic mass is 10.0. The second-order valence-corrected chi connectivity index (χ2v) is 8.40. The van der Waals surface area contributed by atoms with Crippen LogP contribution in [0.25, 0.3) is 0 Å². The van der Waals surface area contributed by atoms with Crippen molar-refractivity contribution in [1.29, 1.82) is 0 Å². The zero-order valence-electron chi connectivity index (χ0n) is 15.4. The smallest absolute Gasteiger partial charge is 0.251 e. The Morgan fingerprint density at radius 3 is 2.04 bits per heavy atom. The Morgan fingerprint density at radius 1 is 1.04 bits per heavy atom. The van der Waals surface area contributed by atoms with E-state index in [2.05, 4.69) is 19.2 Å². The van der Waals surface area contributed by atoms with E-state index in [1.807, 2.05) is 6.92 Å². The second kappa shape index (κ2) is 9.18. The van der Waals surface area contributed by atoms with Crippen LogP contribution in [0.1, 0.15) is 57.8 Å². The molecule has 0 radical (unpaired) electrons. The van der Waals surface area contributed by atoms with Gasteiger partial charge in [-0.15, -0.1) is 0 Å². The summed E-state index contributed by atoms with van der Waals surface area (Å²) in [7, 11) is -3.48. The van der Waals surface area contributed by atoms with Crippen molar-refractivity contribution in [1.82, 2.24) is 9.62 Å². The van der Waals surface area contributed by atoms with Gasteiger partial charge in [0.2, 0.25) is 10.0 Å². The number of rotatable bonds is 9. The fourth-order valence-electron chi connectivity index (χ4n) is 2.45. The summed E-state index contributed by atoms with van der Waals surface area (Å²) in [4.78, 5) is 12.5. The predicted molar refractivity (Wildman–Crippen MR) is 97.5 cm³/mol. The number of hydrogen-bond donors (Lipinski definition) is 1. The van der Waals surface area contributed by atoms with Crippen LogP contribution in [-0.4, -0.2) is 37.8 Å². The average Bonchev–Trinajstić information content (AvgIpc) is 2.54. The van der Waals surface area contributed by atoms with Crippen molar-refractivity contribution in [2.45, 2.75) is 58.4 Å². The highest BCUT2D eigenvalue weighted by Gasteiger charge is 2.21. The monoisotopic (exact) mass is 354 g/mol. The quantitative estimate of drug-likeness (QED) is 0.740. The summed E-state index contributed by atoms with van der Waals surface area (Å²) in [6.07, 6.45) is 1.99. The maximum absolute atomic E-state index is 12.4. The van der Waals surface area contributed by atoms with Crippen LogP contribution < -0.4 is 5.32 Å². The molecule has 1 unspecified atom stereocenters. The van der Waals surface area contributed by atoms with Crippen LogP contribution in [0.5, 0.6) is 0 Å². The molecule has 0 heterocycles. The SMILES string of the molecule is CCN(CC)S(=O)(=O)c1ccc(C(=O)NC(C)CCC(C)C)cc1. The summed E-state index contributed by atoms with van der Waals surface area (Å²) < 4.78 is 26.3. The molecule has 24 heavy (non-hydrogen) atoms. The van der Waals surface area contributed by atoms with Gasteiger partial charge in [0.25, 0.3) is 5.91 Å². The summed E-state index contributed by atoms with van der Waals surface area (Å²) in [6, 6.07) is 6.24. The molecule has 0 aliphatic carbocycles. The van der Waals surface area contributed by atoms with Crippen molar-refractivity contribution in [3.63, 3.8) is 0 Å². The van der Waals surface area contributed by atoms with E-state index in [9.17, 15) is 13.2 Å². The summed E-state index contributed by atoms with van der Waals surface area (Å²) in [6.45, 7) is 10.8. The lowest BCUT2D eigenvalue weighted by molar-refractivity contribution is 0.0937. The summed E-state index contributed by atoms with van der Waals surface area (Å²) in [5.41, 5.74) is 0.477. The molecule has 0 aromatic heterocycles. The first-order valence-corrected chi connectivity index (χ1v) is 10.1. The molecule has 1 rings (SSSR count). The highest BCUT2D eigenvalue weighted by Crippen LogP contribution is 2.16. The largest absolute Gasteiger partial charge is 0.350 e. The van der Waals surface area contributed by atoms with Crippen LogP contribution in [0.15, 0.2) is 29.2 Å². The van der Waals surface area contributed by atoms with Crippen LogP contribution >= 0.6 is 0 Å². The second-order valence-electron chi connectivity index (χ2n) is 6.46. The van der Waals surface area contributed by atoms with Gasteiger partial charge in [-0.2, -0.15) is 4.31 Å². The number of benzene rings is 1. The van der Waals surface area contributed by atoms with E-state index in [0.29, 0.717) is 24.6 Å². The third-order valence-corrected chi connectivity index (χ3v) is 6.08. The Hall–Kier alpha value is -1.40. The van der Waals surface area contributed by atoms with E-state index in [0.717, 1.165) is 12.8 Å². The molecule has 0 saturated heterocycles. The normalized spacial score (nSPS) is 13.3. The molecule has 1 atom stereocenters. The van der Waals surface area contributed by atoms with Crippen molar-refractivity contribution in [3.8, 4) is 0 Å². The summed E-state index contributed by atoms with van der Waals surface area (Å²) in [5.74, 6) is 0.437. The van der Waals surface area contributed by atoms with Crippen LogP contribution in [0.4, 0.5) is 0 Å². The minimum absolute atomic E-state index is 0.0963. The standard InChI is InChI=1S/C18H30N2O3S/c1-6-20(7-2)24(22,23)17-12-10-16(11-13-17)18(21)19-15(5)9-8-14(3)4/h10-15H,6-9H2,1-5H3,(H,19,21). The molecule has 0 aliphatic rings. The van der Waals surface area contributed by atoms with E-state index < -0.39 is 10.0 Å². The van der Waals surface area contributed by atoms with Gasteiger partial charge in [0.05, 0.1) is 4.90 Å². The highest BCUT2D eigenvalue weighted by atomic mass is 32.2. The third kappa shape index (κ3) is 5.60. The minimum atomic E-state index is -3.48. The Balaban J connectivity index is 2.78. The maximum atomic E-state index is 12.4.